The summed E-state index contributed by atoms with van der Waals surface area (Å²) in [5.74, 6) is 0.727. The molecular formula is C26H34N8O3. The number of pyridine rings is 2. The van der Waals surface area contributed by atoms with E-state index in [0.29, 0.717) is 19.4 Å². The second-order valence-corrected chi connectivity index (χ2v) is 9.26. The molecule has 0 unspecified atom stereocenters. The summed E-state index contributed by atoms with van der Waals surface area (Å²) in [4.78, 5) is 32.7. The van der Waals surface area contributed by atoms with Gasteiger partial charge in [0.1, 0.15) is 11.2 Å². The third kappa shape index (κ3) is 5.43. The third-order valence-electron chi connectivity index (χ3n) is 6.78. The average molecular weight is 507 g/mol. The van der Waals surface area contributed by atoms with Crippen molar-refractivity contribution in [2.45, 2.75) is 18.9 Å². The van der Waals surface area contributed by atoms with Gasteiger partial charge in [0, 0.05) is 59.3 Å². The van der Waals surface area contributed by atoms with Crippen molar-refractivity contribution in [1.82, 2.24) is 34.7 Å². The Balaban J connectivity index is 1.39. The van der Waals surface area contributed by atoms with Gasteiger partial charge in [0.25, 0.3) is 0 Å². The number of carbonyl (C=O) groups is 1. The van der Waals surface area contributed by atoms with Crippen LogP contribution in [0, 0.1) is 0 Å². The van der Waals surface area contributed by atoms with E-state index in [9.17, 15) is 4.79 Å². The lowest BCUT2D eigenvalue weighted by atomic mass is 10.1. The molecule has 0 spiro atoms. The van der Waals surface area contributed by atoms with Crippen molar-refractivity contribution in [3.05, 3.63) is 36.3 Å². The first kappa shape index (κ1) is 25.1. The van der Waals surface area contributed by atoms with Gasteiger partial charge in [-0.1, -0.05) is 6.07 Å². The number of hydrogen-bond donors (Lipinski definition) is 3. The first-order valence-electron chi connectivity index (χ1n) is 12.6. The van der Waals surface area contributed by atoms with Gasteiger partial charge in [0.05, 0.1) is 48.2 Å². The van der Waals surface area contributed by atoms with Gasteiger partial charge < -0.3 is 29.7 Å². The number of imidazole rings is 1. The molecule has 1 amide bonds. The van der Waals surface area contributed by atoms with Crippen LogP contribution in [-0.4, -0.2) is 88.9 Å². The molecule has 37 heavy (non-hydrogen) atoms. The Bertz CT molecular complexity index is 1380. The van der Waals surface area contributed by atoms with Crippen LogP contribution in [-0.2, 0) is 21.3 Å². The largest absolute Gasteiger partial charge is 0.385 e. The first-order valence-corrected chi connectivity index (χ1v) is 12.6. The van der Waals surface area contributed by atoms with Crippen LogP contribution in [0.25, 0.3) is 33.5 Å². The van der Waals surface area contributed by atoms with E-state index in [1.807, 2.05) is 36.9 Å². The Hall–Kier alpha value is -3.54. The number of morpholine rings is 1. The van der Waals surface area contributed by atoms with Crippen LogP contribution >= 0.6 is 0 Å². The summed E-state index contributed by atoms with van der Waals surface area (Å²) < 4.78 is 12.7. The summed E-state index contributed by atoms with van der Waals surface area (Å²) >= 11 is 0. The molecule has 3 N–H and O–H groups in total. The number of amides is 1. The summed E-state index contributed by atoms with van der Waals surface area (Å²) in [5.41, 5.74) is 5.01. The second kappa shape index (κ2) is 11.2. The molecule has 4 aromatic rings. The fourth-order valence-corrected chi connectivity index (χ4v) is 4.79. The lowest BCUT2D eigenvalue weighted by molar-refractivity contribution is -0.122. The Morgan fingerprint density at radius 2 is 2.11 bits per heavy atom. The van der Waals surface area contributed by atoms with E-state index in [2.05, 4.69) is 31.6 Å². The number of methoxy groups -OCH3 is 1. The Morgan fingerprint density at radius 1 is 1.27 bits per heavy atom. The van der Waals surface area contributed by atoms with Gasteiger partial charge in [0.2, 0.25) is 5.91 Å². The van der Waals surface area contributed by atoms with E-state index >= 15 is 0 Å². The van der Waals surface area contributed by atoms with Crippen LogP contribution in [0.4, 0.5) is 5.82 Å². The molecule has 1 aliphatic heterocycles. The van der Waals surface area contributed by atoms with Gasteiger partial charge in [-0.2, -0.15) is 0 Å². The number of aromatic nitrogens is 5. The summed E-state index contributed by atoms with van der Waals surface area (Å²) in [6, 6.07) is 7.68. The molecule has 0 radical (unpaired) electrons. The molecule has 0 aliphatic carbocycles. The number of anilines is 1. The minimum Gasteiger partial charge on any atom is -0.385 e. The third-order valence-corrected chi connectivity index (χ3v) is 6.78. The molecule has 1 saturated heterocycles. The summed E-state index contributed by atoms with van der Waals surface area (Å²) in [5, 5.41) is 7.28. The minimum atomic E-state index is -0.251. The molecule has 0 aromatic carbocycles. The number of rotatable bonds is 10. The number of nitrogens with one attached hydrogen (secondary N) is 3. The SMILES string of the molecule is CNc1nc2[nH]c(-c3cccc([C@H](CCOC)NC(=O)CCN4CCOCC4)n3)cc2c2c1ncn2C. The summed E-state index contributed by atoms with van der Waals surface area (Å²) in [7, 11) is 5.48. The number of hydrogen-bond acceptors (Lipinski definition) is 8. The highest BCUT2D eigenvalue weighted by Gasteiger charge is 2.20. The lowest BCUT2D eigenvalue weighted by Gasteiger charge is -2.26. The highest BCUT2D eigenvalue weighted by atomic mass is 16.5. The topological polar surface area (TPSA) is 122 Å². The Morgan fingerprint density at radius 3 is 2.89 bits per heavy atom. The van der Waals surface area contributed by atoms with Gasteiger partial charge in [-0.3, -0.25) is 9.69 Å². The van der Waals surface area contributed by atoms with Gasteiger partial charge >= 0.3 is 0 Å². The molecular weight excluding hydrogens is 472 g/mol. The van der Waals surface area contributed by atoms with Crippen LogP contribution in [0.15, 0.2) is 30.6 Å². The molecule has 1 atom stereocenters. The van der Waals surface area contributed by atoms with E-state index in [4.69, 9.17) is 19.4 Å². The van der Waals surface area contributed by atoms with Crippen LogP contribution in [0.3, 0.4) is 0 Å². The van der Waals surface area contributed by atoms with Gasteiger partial charge in [-0.15, -0.1) is 0 Å². The van der Waals surface area contributed by atoms with Crippen molar-refractivity contribution in [2.75, 3.05) is 58.9 Å². The predicted octanol–water partition coefficient (Wildman–Crippen LogP) is 2.47. The maximum atomic E-state index is 12.8. The van der Waals surface area contributed by atoms with E-state index < -0.39 is 0 Å². The molecule has 11 nitrogen and oxygen atoms in total. The van der Waals surface area contributed by atoms with Crippen molar-refractivity contribution < 1.29 is 14.3 Å². The summed E-state index contributed by atoms with van der Waals surface area (Å²) in [6.45, 7) is 4.41. The molecule has 1 fully saturated rings. The quantitative estimate of drug-likeness (QED) is 0.300. The van der Waals surface area contributed by atoms with Crippen LogP contribution in [0.2, 0.25) is 0 Å². The highest BCUT2D eigenvalue weighted by molar-refractivity contribution is 6.07. The Labute approximate surface area is 215 Å². The zero-order valence-corrected chi connectivity index (χ0v) is 21.6. The molecule has 1 aliphatic rings. The average Bonchev–Trinajstić information content (AvgIpc) is 3.53. The summed E-state index contributed by atoms with van der Waals surface area (Å²) in [6.07, 6.45) is 2.86. The number of aromatic amines is 1. The maximum absolute atomic E-state index is 12.8. The molecule has 5 heterocycles. The van der Waals surface area contributed by atoms with Gasteiger partial charge in [-0.25, -0.2) is 15.0 Å². The normalized spacial score (nSPS) is 15.3. The van der Waals surface area contributed by atoms with Crippen LogP contribution < -0.4 is 10.6 Å². The first-order chi connectivity index (χ1) is 18.1. The predicted molar refractivity (Wildman–Crippen MR) is 142 cm³/mol. The highest BCUT2D eigenvalue weighted by Crippen LogP contribution is 2.31. The monoisotopic (exact) mass is 506 g/mol. The standard InChI is InChI=1S/C26H34N8O3/c1-27-26-23-24(33(2)16-28-23)17-15-21(31-25(17)32-26)19-6-4-5-18(29-19)20(8-12-36-3)30-22(35)7-9-34-10-13-37-14-11-34/h4-6,15-16,20H,7-14H2,1-3H3,(H,30,35)(H2,27,31,32)/t20-/m0/s1. The van der Waals surface area contributed by atoms with E-state index in [-0.39, 0.29) is 11.9 Å². The minimum absolute atomic E-state index is 0.00723. The van der Waals surface area contributed by atoms with Crippen molar-refractivity contribution in [1.29, 1.82) is 0 Å². The number of nitrogens with zero attached hydrogens (tertiary/aromatic N) is 5. The zero-order valence-electron chi connectivity index (χ0n) is 21.6. The molecule has 11 heteroatoms. The van der Waals surface area contributed by atoms with Gasteiger partial charge in [0.15, 0.2) is 5.82 Å². The molecule has 0 saturated carbocycles. The van der Waals surface area contributed by atoms with Crippen LogP contribution in [0.1, 0.15) is 24.6 Å². The van der Waals surface area contributed by atoms with Crippen molar-refractivity contribution >= 4 is 33.8 Å². The maximum Gasteiger partial charge on any atom is 0.221 e. The smallest absolute Gasteiger partial charge is 0.221 e. The molecule has 4 aromatic heterocycles. The Kier molecular flexibility index (Phi) is 7.63. The van der Waals surface area contributed by atoms with Crippen molar-refractivity contribution in [3.8, 4) is 11.4 Å². The molecule has 5 rings (SSSR count). The fraction of sp³-hybridized carbons (Fsp3) is 0.462. The number of carbonyl (C=O) groups excluding carboxylic acids is 1. The van der Waals surface area contributed by atoms with Gasteiger partial charge in [-0.05, 0) is 24.6 Å². The number of ether oxygens (including phenoxy) is 2. The number of aryl methyl sites for hydroxylation is 1. The van der Waals surface area contributed by atoms with E-state index in [0.717, 1.165) is 77.8 Å². The number of fused-ring (bicyclic) bond motifs is 3. The lowest BCUT2D eigenvalue weighted by Crippen LogP contribution is -2.39. The molecule has 196 valence electrons. The fourth-order valence-electron chi connectivity index (χ4n) is 4.79. The van der Waals surface area contributed by atoms with E-state index in [1.54, 1.807) is 13.4 Å². The zero-order chi connectivity index (χ0) is 25.8. The molecule has 0 bridgehead atoms. The van der Waals surface area contributed by atoms with Crippen LogP contribution in [0.5, 0.6) is 0 Å². The van der Waals surface area contributed by atoms with E-state index in [1.165, 1.54) is 0 Å². The van der Waals surface area contributed by atoms with Crippen molar-refractivity contribution in [3.63, 3.8) is 0 Å². The number of H-pyrrole nitrogens is 1. The second-order valence-electron chi connectivity index (χ2n) is 9.26. The van der Waals surface area contributed by atoms with Crippen molar-refractivity contribution in [2.24, 2.45) is 7.05 Å².